The standard InChI is InChI=1S/C14H23N3O/c1-6-14(2,3)16-13(18)11-9-10(15)7-8-12(11)17(4)5/h7-9H,6,15H2,1-5H3,(H,16,18). The maximum Gasteiger partial charge on any atom is 0.253 e. The molecule has 0 fully saturated rings. The number of amides is 1. The minimum absolute atomic E-state index is 0.0853. The number of nitrogen functional groups attached to an aromatic ring is 1. The van der Waals surface area contributed by atoms with Crippen LogP contribution in [-0.4, -0.2) is 25.5 Å². The number of benzene rings is 1. The molecule has 0 bridgehead atoms. The molecule has 1 aromatic rings. The second kappa shape index (κ2) is 5.29. The van der Waals surface area contributed by atoms with E-state index in [1.165, 1.54) is 0 Å². The monoisotopic (exact) mass is 249 g/mol. The highest BCUT2D eigenvalue weighted by molar-refractivity contribution is 6.01. The number of nitrogens with zero attached hydrogens (tertiary/aromatic N) is 1. The Morgan fingerprint density at radius 1 is 1.39 bits per heavy atom. The Hall–Kier alpha value is -1.71. The Kier molecular flexibility index (Phi) is 4.22. The van der Waals surface area contributed by atoms with Gasteiger partial charge in [-0.3, -0.25) is 4.79 Å². The second-order valence-electron chi connectivity index (χ2n) is 5.36. The molecule has 0 atom stereocenters. The predicted octanol–water partition coefficient (Wildman–Crippen LogP) is 2.25. The molecule has 0 aliphatic carbocycles. The Morgan fingerprint density at radius 2 is 2.00 bits per heavy atom. The van der Waals surface area contributed by atoms with E-state index in [2.05, 4.69) is 5.32 Å². The third-order valence-corrected chi connectivity index (χ3v) is 3.08. The zero-order chi connectivity index (χ0) is 13.9. The summed E-state index contributed by atoms with van der Waals surface area (Å²) < 4.78 is 0. The molecule has 0 saturated heterocycles. The molecule has 0 aliphatic heterocycles. The van der Waals surface area contributed by atoms with E-state index in [0.29, 0.717) is 11.3 Å². The average molecular weight is 249 g/mol. The van der Waals surface area contributed by atoms with Gasteiger partial charge in [0.25, 0.3) is 5.91 Å². The van der Waals surface area contributed by atoms with Crippen LogP contribution in [-0.2, 0) is 0 Å². The number of hydrogen-bond donors (Lipinski definition) is 2. The molecule has 4 nitrogen and oxygen atoms in total. The maximum atomic E-state index is 12.3. The van der Waals surface area contributed by atoms with Crippen LogP contribution >= 0.6 is 0 Å². The van der Waals surface area contributed by atoms with Crippen molar-refractivity contribution >= 4 is 17.3 Å². The normalized spacial score (nSPS) is 11.2. The largest absolute Gasteiger partial charge is 0.399 e. The molecule has 3 N–H and O–H groups in total. The van der Waals surface area contributed by atoms with Gasteiger partial charge < -0.3 is 16.0 Å². The lowest BCUT2D eigenvalue weighted by Crippen LogP contribution is -2.43. The number of rotatable bonds is 4. The first-order chi connectivity index (χ1) is 8.26. The Bertz CT molecular complexity index is 439. The van der Waals surface area contributed by atoms with Gasteiger partial charge in [-0.05, 0) is 38.5 Å². The van der Waals surface area contributed by atoms with E-state index in [1.807, 2.05) is 45.8 Å². The van der Waals surface area contributed by atoms with Gasteiger partial charge in [-0.2, -0.15) is 0 Å². The highest BCUT2D eigenvalue weighted by Gasteiger charge is 2.21. The summed E-state index contributed by atoms with van der Waals surface area (Å²) in [5, 5.41) is 3.02. The summed E-state index contributed by atoms with van der Waals surface area (Å²) in [4.78, 5) is 14.2. The van der Waals surface area contributed by atoms with Crippen molar-refractivity contribution < 1.29 is 4.79 Å². The number of anilines is 2. The average Bonchev–Trinajstić information content (AvgIpc) is 2.28. The van der Waals surface area contributed by atoms with E-state index < -0.39 is 0 Å². The molecule has 1 amide bonds. The van der Waals surface area contributed by atoms with Crippen LogP contribution < -0.4 is 16.0 Å². The van der Waals surface area contributed by atoms with Crippen molar-refractivity contribution in [2.24, 2.45) is 0 Å². The fraction of sp³-hybridized carbons (Fsp3) is 0.500. The van der Waals surface area contributed by atoms with Crippen molar-refractivity contribution in [1.82, 2.24) is 5.32 Å². The number of nitrogens with two attached hydrogens (primary N) is 1. The zero-order valence-corrected chi connectivity index (χ0v) is 11.9. The van der Waals surface area contributed by atoms with Gasteiger partial charge in [0, 0.05) is 31.0 Å². The van der Waals surface area contributed by atoms with Crippen molar-refractivity contribution in [3.63, 3.8) is 0 Å². The van der Waals surface area contributed by atoms with Crippen LogP contribution in [0.4, 0.5) is 11.4 Å². The number of nitrogens with one attached hydrogen (secondary N) is 1. The lowest BCUT2D eigenvalue weighted by atomic mass is 10.0. The Morgan fingerprint density at radius 3 is 2.50 bits per heavy atom. The lowest BCUT2D eigenvalue weighted by molar-refractivity contribution is 0.0912. The molecule has 0 heterocycles. The molecule has 4 heteroatoms. The molecule has 0 aromatic heterocycles. The van der Waals surface area contributed by atoms with Gasteiger partial charge in [0.15, 0.2) is 0 Å². The number of hydrogen-bond acceptors (Lipinski definition) is 3. The van der Waals surface area contributed by atoms with E-state index in [4.69, 9.17) is 5.73 Å². The Balaban J connectivity index is 3.08. The molecule has 100 valence electrons. The fourth-order valence-corrected chi connectivity index (χ4v) is 1.59. The van der Waals surface area contributed by atoms with Crippen LogP contribution in [0.3, 0.4) is 0 Å². The molecule has 0 unspecified atom stereocenters. The molecule has 0 aliphatic rings. The van der Waals surface area contributed by atoms with Gasteiger partial charge >= 0.3 is 0 Å². The summed E-state index contributed by atoms with van der Waals surface area (Å²) in [6.07, 6.45) is 0.873. The maximum absolute atomic E-state index is 12.3. The van der Waals surface area contributed by atoms with Crippen molar-refractivity contribution in [2.75, 3.05) is 24.7 Å². The van der Waals surface area contributed by atoms with Gasteiger partial charge in [0.2, 0.25) is 0 Å². The third kappa shape index (κ3) is 3.39. The summed E-state index contributed by atoms with van der Waals surface area (Å²) in [5.41, 5.74) is 7.63. The van der Waals surface area contributed by atoms with E-state index in [1.54, 1.807) is 12.1 Å². The van der Waals surface area contributed by atoms with Crippen molar-refractivity contribution in [1.29, 1.82) is 0 Å². The zero-order valence-electron chi connectivity index (χ0n) is 11.9. The van der Waals surface area contributed by atoms with Crippen LogP contribution in [0.15, 0.2) is 18.2 Å². The van der Waals surface area contributed by atoms with Gasteiger partial charge in [-0.15, -0.1) is 0 Å². The molecular formula is C14H23N3O. The molecule has 0 saturated carbocycles. The molecule has 0 spiro atoms. The Labute approximate surface area is 109 Å². The van der Waals surface area contributed by atoms with Crippen LogP contribution in [0.2, 0.25) is 0 Å². The SMILES string of the molecule is CCC(C)(C)NC(=O)c1cc(N)ccc1N(C)C. The van der Waals surface area contributed by atoms with Crippen LogP contribution in [0.1, 0.15) is 37.6 Å². The van der Waals surface area contributed by atoms with Crippen LogP contribution in [0.5, 0.6) is 0 Å². The quantitative estimate of drug-likeness (QED) is 0.805. The molecule has 1 aromatic carbocycles. The van der Waals surface area contributed by atoms with E-state index in [0.717, 1.165) is 12.1 Å². The fourth-order valence-electron chi connectivity index (χ4n) is 1.59. The molecule has 18 heavy (non-hydrogen) atoms. The van der Waals surface area contributed by atoms with Crippen molar-refractivity contribution in [3.8, 4) is 0 Å². The minimum atomic E-state index is -0.217. The minimum Gasteiger partial charge on any atom is -0.399 e. The highest BCUT2D eigenvalue weighted by atomic mass is 16.1. The lowest BCUT2D eigenvalue weighted by Gasteiger charge is -2.26. The second-order valence-corrected chi connectivity index (χ2v) is 5.36. The molecule has 1 rings (SSSR count). The summed E-state index contributed by atoms with van der Waals surface area (Å²) in [6.45, 7) is 6.06. The highest BCUT2D eigenvalue weighted by Crippen LogP contribution is 2.22. The van der Waals surface area contributed by atoms with E-state index in [9.17, 15) is 4.79 Å². The van der Waals surface area contributed by atoms with Gasteiger partial charge in [-0.1, -0.05) is 6.92 Å². The predicted molar refractivity (Wildman–Crippen MR) is 77.0 cm³/mol. The first kappa shape index (κ1) is 14.4. The van der Waals surface area contributed by atoms with Crippen molar-refractivity contribution in [3.05, 3.63) is 23.8 Å². The summed E-state index contributed by atoms with van der Waals surface area (Å²) in [6, 6.07) is 5.39. The van der Waals surface area contributed by atoms with Gasteiger partial charge in [0.1, 0.15) is 0 Å². The topological polar surface area (TPSA) is 58.4 Å². The third-order valence-electron chi connectivity index (χ3n) is 3.08. The number of carbonyl (C=O) groups is 1. The van der Waals surface area contributed by atoms with Crippen molar-refractivity contribution in [2.45, 2.75) is 32.7 Å². The van der Waals surface area contributed by atoms with E-state index >= 15 is 0 Å². The van der Waals surface area contributed by atoms with Gasteiger partial charge in [0.05, 0.1) is 5.56 Å². The first-order valence-corrected chi connectivity index (χ1v) is 6.16. The van der Waals surface area contributed by atoms with Gasteiger partial charge in [-0.25, -0.2) is 0 Å². The summed E-state index contributed by atoms with van der Waals surface area (Å²) in [5.74, 6) is -0.0853. The molecule has 0 radical (unpaired) electrons. The van der Waals surface area contributed by atoms with Crippen LogP contribution in [0, 0.1) is 0 Å². The summed E-state index contributed by atoms with van der Waals surface area (Å²) >= 11 is 0. The summed E-state index contributed by atoms with van der Waals surface area (Å²) in [7, 11) is 3.82. The number of carbonyl (C=O) groups excluding carboxylic acids is 1. The molecular weight excluding hydrogens is 226 g/mol. The first-order valence-electron chi connectivity index (χ1n) is 6.16. The van der Waals surface area contributed by atoms with Crippen LogP contribution in [0.25, 0.3) is 0 Å². The smallest absolute Gasteiger partial charge is 0.253 e. The van der Waals surface area contributed by atoms with E-state index in [-0.39, 0.29) is 11.4 Å².